The molecule has 4 nitrogen and oxygen atoms in total. The van der Waals surface area contributed by atoms with Crippen molar-refractivity contribution in [3.05, 3.63) is 48.5 Å². The summed E-state index contributed by atoms with van der Waals surface area (Å²) in [6, 6.07) is 15.0. The zero-order valence-electron chi connectivity index (χ0n) is 9.10. The Bertz CT molecular complexity index is 319. The van der Waals surface area contributed by atoms with Crippen molar-refractivity contribution in [1.82, 2.24) is 0 Å². The molecule has 100 valence electrons. The van der Waals surface area contributed by atoms with Gasteiger partial charge in [0, 0.05) is 28.6 Å². The summed E-state index contributed by atoms with van der Waals surface area (Å²) in [4.78, 5) is 0. The molecule has 0 saturated heterocycles. The van der Waals surface area contributed by atoms with Crippen LogP contribution in [-0.4, -0.2) is 23.8 Å². The normalized spacial score (nSPS) is 8.59. The Hall–Kier alpha value is -1.26. The number of aliphatic hydroxyl groups is 2. The van der Waals surface area contributed by atoms with Gasteiger partial charge in [-0.05, 0) is 0 Å². The van der Waals surface area contributed by atoms with Crippen LogP contribution < -0.4 is 9.47 Å². The minimum Gasteiger partial charge on any atom is -0.748 e. The first-order valence-electron chi connectivity index (χ1n) is 4.78. The van der Waals surface area contributed by atoms with Crippen molar-refractivity contribution in [2.24, 2.45) is 0 Å². The van der Waals surface area contributed by atoms with Gasteiger partial charge in [0.1, 0.15) is 0 Å². The maximum absolute atomic E-state index is 8.39. The molecule has 0 saturated carbocycles. The van der Waals surface area contributed by atoms with Gasteiger partial charge in [0.15, 0.2) is 13.6 Å². The standard InChI is InChI=1S/C7H9O4.C5H5.Fe/c8-4-10-6-2-1-3-7(6)11-5-9;1-2-4-5-3-1;/h1-3,8-9H,4-5H2;1-5H;/q-1;-5;. The van der Waals surface area contributed by atoms with E-state index in [9.17, 15) is 0 Å². The van der Waals surface area contributed by atoms with Crippen LogP contribution in [0.3, 0.4) is 0 Å². The molecule has 2 N–H and O–H groups in total. The fraction of sp³-hybridized carbons (Fsp3) is 0.167. The molecule has 0 aliphatic rings. The van der Waals surface area contributed by atoms with E-state index in [0.29, 0.717) is 11.5 Å². The first-order chi connectivity index (χ1) is 7.88. The van der Waals surface area contributed by atoms with Crippen LogP contribution in [0, 0.1) is 0 Å². The SMILES string of the molecule is OCOc1ccc[c-]1OCO.[Fe].[cH-]1[cH-][cH-][cH-][cH-]1. The predicted molar refractivity (Wildman–Crippen MR) is 59.5 cm³/mol. The Kier molecular flexibility index (Phi) is 9.19. The van der Waals surface area contributed by atoms with Crippen molar-refractivity contribution in [2.45, 2.75) is 0 Å². The van der Waals surface area contributed by atoms with Crippen LogP contribution in [0.1, 0.15) is 0 Å². The molecule has 2 aromatic rings. The molecule has 0 bridgehead atoms. The second-order valence-corrected chi connectivity index (χ2v) is 2.76. The van der Waals surface area contributed by atoms with Crippen LogP contribution in [0.15, 0.2) is 48.5 Å². The maximum atomic E-state index is 8.39. The molecule has 0 aliphatic heterocycles. The van der Waals surface area contributed by atoms with Crippen LogP contribution in [0.5, 0.6) is 11.5 Å². The zero-order valence-corrected chi connectivity index (χ0v) is 10.2. The maximum Gasteiger partial charge on any atom is 0.183 e. The molecule has 0 amide bonds. The molecule has 0 spiro atoms. The smallest absolute Gasteiger partial charge is 0.183 e. The van der Waals surface area contributed by atoms with Gasteiger partial charge in [-0.3, -0.25) is 0 Å². The molecule has 2 rings (SSSR count). The summed E-state index contributed by atoms with van der Waals surface area (Å²) in [5, 5.41) is 16.8. The van der Waals surface area contributed by atoms with Crippen LogP contribution >= 0.6 is 0 Å². The van der Waals surface area contributed by atoms with E-state index in [4.69, 9.17) is 19.7 Å². The number of hydrogen-bond acceptors (Lipinski definition) is 4. The third-order valence-electron chi connectivity index (χ3n) is 1.73. The van der Waals surface area contributed by atoms with Gasteiger partial charge in [-0.1, -0.05) is 0 Å². The molecule has 0 radical (unpaired) electrons. The molecule has 0 atom stereocenters. The van der Waals surface area contributed by atoms with E-state index in [-0.39, 0.29) is 17.1 Å². The summed E-state index contributed by atoms with van der Waals surface area (Å²) in [7, 11) is 0. The molecule has 5 heteroatoms. The molecule has 0 aromatic heterocycles. The van der Waals surface area contributed by atoms with Gasteiger partial charge >= 0.3 is 0 Å². The second-order valence-electron chi connectivity index (χ2n) is 2.76. The fourth-order valence-corrected chi connectivity index (χ4v) is 1.09. The first-order valence-corrected chi connectivity index (χ1v) is 4.78. The summed E-state index contributed by atoms with van der Waals surface area (Å²) in [6.45, 7) is -0.794. The number of aliphatic hydroxyl groups excluding tert-OH is 2. The van der Waals surface area contributed by atoms with Crippen LogP contribution in [0.4, 0.5) is 0 Å². The van der Waals surface area contributed by atoms with E-state index in [2.05, 4.69) is 0 Å². The van der Waals surface area contributed by atoms with E-state index in [1.807, 2.05) is 30.3 Å². The second kappa shape index (κ2) is 9.93. The molecule has 17 heavy (non-hydrogen) atoms. The molecule has 0 aliphatic carbocycles. The summed E-state index contributed by atoms with van der Waals surface area (Å²) >= 11 is 0. The van der Waals surface area contributed by atoms with Gasteiger partial charge in [-0.15, -0.1) is 6.07 Å². The molecule has 0 unspecified atom stereocenters. The number of rotatable bonds is 4. The minimum atomic E-state index is -0.397. The summed E-state index contributed by atoms with van der Waals surface area (Å²) in [5.41, 5.74) is 0. The van der Waals surface area contributed by atoms with Crippen molar-refractivity contribution in [1.29, 1.82) is 0 Å². The molecule has 2 aromatic carbocycles. The average Bonchev–Trinajstić information content (AvgIpc) is 2.93. The van der Waals surface area contributed by atoms with E-state index in [1.165, 1.54) is 0 Å². The van der Waals surface area contributed by atoms with E-state index >= 15 is 0 Å². The van der Waals surface area contributed by atoms with Crippen molar-refractivity contribution >= 4 is 0 Å². The minimum absolute atomic E-state index is 0. The van der Waals surface area contributed by atoms with Gasteiger partial charge in [0.2, 0.25) is 0 Å². The topological polar surface area (TPSA) is 58.9 Å². The van der Waals surface area contributed by atoms with E-state index in [1.54, 1.807) is 18.2 Å². The van der Waals surface area contributed by atoms with Crippen molar-refractivity contribution in [2.75, 3.05) is 13.6 Å². The van der Waals surface area contributed by atoms with Gasteiger partial charge in [-0.25, -0.2) is 6.07 Å². The van der Waals surface area contributed by atoms with Crippen LogP contribution in [0.2, 0.25) is 0 Å². The average molecular weight is 278 g/mol. The van der Waals surface area contributed by atoms with Gasteiger partial charge in [0.25, 0.3) is 0 Å². The van der Waals surface area contributed by atoms with E-state index < -0.39 is 13.6 Å². The Morgan fingerprint density at radius 1 is 1.06 bits per heavy atom. The Labute approximate surface area is 111 Å². The monoisotopic (exact) mass is 278 g/mol. The fourth-order valence-electron chi connectivity index (χ4n) is 1.09. The van der Waals surface area contributed by atoms with Crippen molar-refractivity contribution in [3.63, 3.8) is 0 Å². The van der Waals surface area contributed by atoms with E-state index in [0.717, 1.165) is 0 Å². The predicted octanol–water partition coefficient (Wildman–Crippen LogP) is 1.47. The number of hydrogen-bond donors (Lipinski definition) is 2. The Morgan fingerprint density at radius 2 is 1.65 bits per heavy atom. The van der Waals surface area contributed by atoms with Gasteiger partial charge < -0.3 is 50.0 Å². The van der Waals surface area contributed by atoms with Gasteiger partial charge in [0.05, 0.1) is 0 Å². The molecule has 0 fully saturated rings. The summed E-state index contributed by atoms with van der Waals surface area (Å²) in [5.74, 6) is 0.864. The molecule has 0 heterocycles. The van der Waals surface area contributed by atoms with Crippen molar-refractivity contribution < 1.29 is 36.8 Å². The molecular formula is C12H14FeO4-6. The van der Waals surface area contributed by atoms with Crippen LogP contribution in [-0.2, 0) is 17.1 Å². The van der Waals surface area contributed by atoms with Crippen LogP contribution in [0.25, 0.3) is 0 Å². The van der Waals surface area contributed by atoms with Crippen molar-refractivity contribution in [3.8, 4) is 11.5 Å². The molecular weight excluding hydrogens is 264 g/mol. The quantitative estimate of drug-likeness (QED) is 0.505. The van der Waals surface area contributed by atoms with Gasteiger partial charge in [-0.2, -0.15) is 6.07 Å². The summed E-state index contributed by atoms with van der Waals surface area (Å²) in [6.07, 6.45) is 0. The third-order valence-corrected chi connectivity index (χ3v) is 1.73. The number of ether oxygens (including phenoxy) is 2. The largest absolute Gasteiger partial charge is 0.748 e. The Morgan fingerprint density at radius 3 is 2.12 bits per heavy atom. The Balaban J connectivity index is 0.000000360. The first kappa shape index (κ1) is 15.7. The zero-order chi connectivity index (χ0) is 11.6. The third kappa shape index (κ3) is 6.14. The summed E-state index contributed by atoms with van der Waals surface area (Å²) < 4.78 is 9.50.